The Morgan fingerprint density at radius 1 is 0.882 bits per heavy atom. The first-order valence-corrected chi connectivity index (χ1v) is 12.5. The maximum Gasteiger partial charge on any atom is 0.222 e. The van der Waals surface area contributed by atoms with Crippen LogP contribution in [0.3, 0.4) is 0 Å². The third kappa shape index (κ3) is 5.45. The van der Waals surface area contributed by atoms with Crippen LogP contribution in [-0.2, 0) is 17.8 Å². The fourth-order valence-electron chi connectivity index (χ4n) is 5.09. The number of hydrogen-bond donors (Lipinski definition) is 0. The number of para-hydroxylation sites is 2. The summed E-state index contributed by atoms with van der Waals surface area (Å²) in [6, 6.07) is 26.1. The highest BCUT2D eigenvalue weighted by atomic mass is 35.5. The quantitative estimate of drug-likeness (QED) is 0.409. The Morgan fingerprint density at radius 3 is 2.29 bits per heavy atom. The number of amides is 1. The van der Waals surface area contributed by atoms with Crippen LogP contribution in [0, 0.1) is 5.41 Å². The summed E-state index contributed by atoms with van der Waals surface area (Å²) in [4.78, 5) is 17.2. The van der Waals surface area contributed by atoms with Gasteiger partial charge in [0.2, 0.25) is 5.91 Å². The van der Waals surface area contributed by atoms with Gasteiger partial charge in [0.1, 0.15) is 11.5 Å². The van der Waals surface area contributed by atoms with Crippen molar-refractivity contribution < 1.29 is 9.53 Å². The SMILES string of the molecule is O=C(CCc1ccc(Cl)cc1)N1CC2(CCN(Cc3ccccc3Oc3ccccc3)CC2)C1. The number of rotatable bonds is 7. The van der Waals surface area contributed by atoms with Crippen molar-refractivity contribution in [2.75, 3.05) is 26.2 Å². The number of halogens is 1. The number of carbonyl (C=O) groups is 1. The van der Waals surface area contributed by atoms with E-state index in [1.165, 1.54) is 5.56 Å². The molecule has 0 radical (unpaired) electrons. The number of likely N-dealkylation sites (tertiary alicyclic amines) is 2. The molecule has 34 heavy (non-hydrogen) atoms. The molecule has 0 atom stereocenters. The van der Waals surface area contributed by atoms with Crippen molar-refractivity contribution in [2.45, 2.75) is 32.2 Å². The minimum atomic E-state index is 0.273. The summed E-state index contributed by atoms with van der Waals surface area (Å²) in [5.74, 6) is 2.06. The topological polar surface area (TPSA) is 32.8 Å². The standard InChI is InChI=1S/C29H31ClN2O2/c30-25-13-10-23(11-14-25)12-15-28(33)32-21-29(22-32)16-18-31(19-17-29)20-24-6-4-5-9-27(24)34-26-7-2-1-3-8-26/h1-11,13-14H,12,15-22H2. The second-order valence-electron chi connectivity index (χ2n) is 9.68. The Kier molecular flexibility index (Phi) is 6.89. The number of carbonyl (C=O) groups excluding carboxylic acids is 1. The number of piperidine rings is 1. The number of aryl methyl sites for hydroxylation is 1. The molecular formula is C29H31ClN2O2. The smallest absolute Gasteiger partial charge is 0.222 e. The first kappa shape index (κ1) is 22.9. The van der Waals surface area contributed by atoms with Gasteiger partial charge >= 0.3 is 0 Å². The molecule has 3 aromatic carbocycles. The van der Waals surface area contributed by atoms with E-state index in [2.05, 4.69) is 21.9 Å². The van der Waals surface area contributed by atoms with Crippen LogP contribution < -0.4 is 4.74 Å². The summed E-state index contributed by atoms with van der Waals surface area (Å²) in [6.07, 6.45) is 3.64. The third-order valence-electron chi connectivity index (χ3n) is 7.20. The monoisotopic (exact) mass is 474 g/mol. The molecule has 0 N–H and O–H groups in total. The van der Waals surface area contributed by atoms with Crippen molar-refractivity contribution >= 4 is 17.5 Å². The molecule has 5 rings (SSSR count). The average Bonchev–Trinajstić information content (AvgIpc) is 2.84. The van der Waals surface area contributed by atoms with Gasteiger partial charge in [-0.1, -0.05) is 60.1 Å². The Morgan fingerprint density at radius 2 is 1.56 bits per heavy atom. The van der Waals surface area contributed by atoms with Crippen molar-refractivity contribution in [3.8, 4) is 11.5 Å². The summed E-state index contributed by atoms with van der Waals surface area (Å²) >= 11 is 5.95. The van der Waals surface area contributed by atoms with E-state index in [1.54, 1.807) is 0 Å². The van der Waals surface area contributed by atoms with E-state index in [0.717, 1.165) is 74.1 Å². The zero-order valence-electron chi connectivity index (χ0n) is 19.5. The summed E-state index contributed by atoms with van der Waals surface area (Å²) in [5.41, 5.74) is 2.69. The van der Waals surface area contributed by atoms with Gasteiger partial charge in [-0.15, -0.1) is 0 Å². The maximum atomic E-state index is 12.7. The minimum Gasteiger partial charge on any atom is -0.457 e. The molecule has 2 fully saturated rings. The fraction of sp³-hybridized carbons (Fsp3) is 0.345. The lowest BCUT2D eigenvalue weighted by atomic mass is 9.71. The molecule has 4 nitrogen and oxygen atoms in total. The molecule has 2 aliphatic heterocycles. The molecule has 1 spiro atoms. The van der Waals surface area contributed by atoms with Gasteiger partial charge < -0.3 is 9.64 Å². The van der Waals surface area contributed by atoms with Gasteiger partial charge in [0.05, 0.1) is 0 Å². The molecule has 0 aromatic heterocycles. The second kappa shape index (κ2) is 10.2. The van der Waals surface area contributed by atoms with E-state index in [1.807, 2.05) is 66.7 Å². The lowest BCUT2D eigenvalue weighted by molar-refractivity contribution is -0.146. The Labute approximate surface area is 207 Å². The van der Waals surface area contributed by atoms with Crippen LogP contribution in [0.15, 0.2) is 78.9 Å². The van der Waals surface area contributed by atoms with Gasteiger partial charge in [-0.2, -0.15) is 0 Å². The highest BCUT2D eigenvalue weighted by Gasteiger charge is 2.46. The third-order valence-corrected chi connectivity index (χ3v) is 7.45. The zero-order valence-corrected chi connectivity index (χ0v) is 20.2. The molecule has 176 valence electrons. The predicted octanol–water partition coefficient (Wildman–Crippen LogP) is 6.19. The summed E-state index contributed by atoms with van der Waals surface area (Å²) < 4.78 is 6.15. The van der Waals surface area contributed by atoms with Crippen LogP contribution in [0.4, 0.5) is 0 Å². The van der Waals surface area contributed by atoms with Crippen molar-refractivity contribution in [2.24, 2.45) is 5.41 Å². The predicted molar refractivity (Wildman–Crippen MR) is 136 cm³/mol. The van der Waals surface area contributed by atoms with E-state index >= 15 is 0 Å². The number of nitrogens with zero attached hydrogens (tertiary/aromatic N) is 2. The molecule has 0 aliphatic carbocycles. The van der Waals surface area contributed by atoms with E-state index in [0.29, 0.717) is 11.8 Å². The van der Waals surface area contributed by atoms with Gasteiger partial charge in [-0.25, -0.2) is 0 Å². The number of benzene rings is 3. The fourth-order valence-corrected chi connectivity index (χ4v) is 5.22. The van der Waals surface area contributed by atoms with Crippen molar-refractivity contribution in [3.05, 3.63) is 95.0 Å². The largest absolute Gasteiger partial charge is 0.457 e. The average molecular weight is 475 g/mol. The molecule has 3 aromatic rings. The molecule has 2 saturated heterocycles. The molecule has 2 aliphatic rings. The van der Waals surface area contributed by atoms with Crippen LogP contribution in [0.5, 0.6) is 11.5 Å². The molecule has 5 heteroatoms. The van der Waals surface area contributed by atoms with Gasteiger partial charge in [0, 0.05) is 42.1 Å². The Hall–Kier alpha value is -2.82. The van der Waals surface area contributed by atoms with E-state index in [-0.39, 0.29) is 5.91 Å². The molecule has 1 amide bonds. The van der Waals surface area contributed by atoms with Gasteiger partial charge in [-0.3, -0.25) is 9.69 Å². The summed E-state index contributed by atoms with van der Waals surface area (Å²) in [7, 11) is 0. The lowest BCUT2D eigenvalue weighted by Gasteiger charge is -2.54. The normalized spacial score (nSPS) is 17.4. The van der Waals surface area contributed by atoms with Gasteiger partial charge in [0.15, 0.2) is 0 Å². The molecule has 0 saturated carbocycles. The van der Waals surface area contributed by atoms with Crippen molar-refractivity contribution in [1.29, 1.82) is 0 Å². The molecule has 0 unspecified atom stereocenters. The van der Waals surface area contributed by atoms with Crippen LogP contribution in [0.25, 0.3) is 0 Å². The van der Waals surface area contributed by atoms with Crippen LogP contribution in [-0.4, -0.2) is 41.9 Å². The molecule has 0 bridgehead atoms. The van der Waals surface area contributed by atoms with Gasteiger partial charge in [0.25, 0.3) is 0 Å². The van der Waals surface area contributed by atoms with E-state index < -0.39 is 0 Å². The summed E-state index contributed by atoms with van der Waals surface area (Å²) in [6.45, 7) is 4.84. The molecule has 2 heterocycles. The first-order valence-electron chi connectivity index (χ1n) is 12.1. The first-order chi connectivity index (χ1) is 16.6. The van der Waals surface area contributed by atoms with Crippen molar-refractivity contribution in [3.63, 3.8) is 0 Å². The Bertz CT molecular complexity index is 1100. The number of hydrogen-bond acceptors (Lipinski definition) is 3. The number of ether oxygens (including phenoxy) is 1. The molecular weight excluding hydrogens is 444 g/mol. The van der Waals surface area contributed by atoms with Crippen LogP contribution in [0.1, 0.15) is 30.4 Å². The van der Waals surface area contributed by atoms with Gasteiger partial charge in [-0.05, 0) is 68.2 Å². The highest BCUT2D eigenvalue weighted by Crippen LogP contribution is 2.41. The highest BCUT2D eigenvalue weighted by molar-refractivity contribution is 6.30. The minimum absolute atomic E-state index is 0.273. The maximum absolute atomic E-state index is 12.7. The van der Waals surface area contributed by atoms with Crippen LogP contribution in [0.2, 0.25) is 5.02 Å². The van der Waals surface area contributed by atoms with Crippen LogP contribution >= 0.6 is 11.6 Å². The summed E-state index contributed by atoms with van der Waals surface area (Å²) in [5, 5.41) is 0.735. The lowest BCUT2D eigenvalue weighted by Crippen LogP contribution is -2.61. The second-order valence-corrected chi connectivity index (χ2v) is 10.1. The Balaban J connectivity index is 1.09. The van der Waals surface area contributed by atoms with E-state index in [9.17, 15) is 4.79 Å². The zero-order chi connectivity index (χ0) is 23.4. The van der Waals surface area contributed by atoms with Crippen molar-refractivity contribution in [1.82, 2.24) is 9.80 Å². The van der Waals surface area contributed by atoms with E-state index in [4.69, 9.17) is 16.3 Å².